The molecule has 0 saturated carbocycles. The van der Waals surface area contributed by atoms with E-state index in [2.05, 4.69) is 27.4 Å². The average molecular weight is 369 g/mol. The summed E-state index contributed by atoms with van der Waals surface area (Å²) in [6, 6.07) is 3.98. The zero-order chi connectivity index (χ0) is 15.5. The van der Waals surface area contributed by atoms with E-state index in [1.165, 1.54) is 22.7 Å². The Labute approximate surface area is 143 Å². The average Bonchev–Trinajstić information content (AvgIpc) is 3.19. The van der Waals surface area contributed by atoms with Crippen LogP contribution in [0, 0.1) is 6.92 Å². The summed E-state index contributed by atoms with van der Waals surface area (Å²) >= 11 is 6.01. The molecule has 0 aliphatic heterocycles. The molecule has 0 spiro atoms. The molecule has 0 saturated heterocycles. The van der Waals surface area contributed by atoms with Gasteiger partial charge in [0.15, 0.2) is 4.34 Å². The number of carbonyl (C=O) groups is 1. The van der Waals surface area contributed by atoms with Crippen LogP contribution in [0.25, 0.3) is 9.88 Å². The number of nitrogens with zero attached hydrogens (tertiary/aromatic N) is 3. The Hall–Kier alpha value is -1.29. The van der Waals surface area contributed by atoms with Crippen molar-refractivity contribution in [1.29, 1.82) is 0 Å². The van der Waals surface area contributed by atoms with Crippen molar-refractivity contribution in [3.05, 3.63) is 28.1 Å². The monoisotopic (exact) mass is 368 g/mol. The van der Waals surface area contributed by atoms with Crippen molar-refractivity contribution in [2.45, 2.75) is 18.2 Å². The van der Waals surface area contributed by atoms with Crippen LogP contribution in [0.5, 0.6) is 0 Å². The number of rotatable bonds is 5. The van der Waals surface area contributed by atoms with Crippen LogP contribution in [0.15, 0.2) is 21.9 Å². The van der Waals surface area contributed by atoms with Crippen molar-refractivity contribution in [2.24, 2.45) is 0 Å². The smallest absolute Gasteiger partial charge is 0.269 e. The molecule has 3 aromatic rings. The molecule has 0 aliphatic rings. The number of thiophene rings is 1. The van der Waals surface area contributed by atoms with E-state index in [1.807, 2.05) is 24.4 Å². The maximum absolute atomic E-state index is 12.4. The lowest BCUT2D eigenvalue weighted by Gasteiger charge is -1.97. The van der Waals surface area contributed by atoms with Gasteiger partial charge in [-0.3, -0.25) is 10.1 Å². The maximum Gasteiger partial charge on any atom is 0.269 e. The highest BCUT2D eigenvalue weighted by Crippen LogP contribution is 2.32. The summed E-state index contributed by atoms with van der Waals surface area (Å²) in [6.07, 6.45) is 0. The van der Waals surface area contributed by atoms with Crippen molar-refractivity contribution >= 4 is 56.8 Å². The Bertz CT molecular complexity index is 778. The van der Waals surface area contributed by atoms with E-state index in [0.29, 0.717) is 10.0 Å². The van der Waals surface area contributed by atoms with Gasteiger partial charge in [0, 0.05) is 0 Å². The molecule has 0 fully saturated rings. The zero-order valence-corrected chi connectivity index (χ0v) is 15.1. The Morgan fingerprint density at radius 3 is 2.95 bits per heavy atom. The summed E-state index contributed by atoms with van der Waals surface area (Å²) in [4.78, 5) is 18.5. The van der Waals surface area contributed by atoms with Crippen molar-refractivity contribution in [3.8, 4) is 9.88 Å². The summed E-state index contributed by atoms with van der Waals surface area (Å²) < 4.78 is 0.859. The number of thiazole rings is 1. The number of nitrogens with one attached hydrogen (secondary N) is 1. The van der Waals surface area contributed by atoms with E-state index in [9.17, 15) is 4.79 Å². The summed E-state index contributed by atoms with van der Waals surface area (Å²) in [5.74, 6) is 0.753. The van der Waals surface area contributed by atoms with Gasteiger partial charge in [0.2, 0.25) is 5.13 Å². The van der Waals surface area contributed by atoms with E-state index in [0.717, 1.165) is 25.7 Å². The predicted octanol–water partition coefficient (Wildman–Crippen LogP) is 4.40. The molecule has 3 rings (SSSR count). The first-order valence-corrected chi connectivity index (χ1v) is 9.96. The fourth-order valence-corrected chi connectivity index (χ4v) is 5.11. The number of anilines is 1. The van der Waals surface area contributed by atoms with Gasteiger partial charge in [-0.05, 0) is 24.1 Å². The van der Waals surface area contributed by atoms with Gasteiger partial charge < -0.3 is 0 Å². The number of amides is 1. The first kappa shape index (κ1) is 15.6. The van der Waals surface area contributed by atoms with E-state index >= 15 is 0 Å². The highest BCUT2D eigenvalue weighted by Gasteiger charge is 2.18. The van der Waals surface area contributed by atoms with Gasteiger partial charge in [0.25, 0.3) is 5.91 Å². The second-order valence-corrected chi connectivity index (χ2v) is 8.61. The largest absolute Gasteiger partial charge is 0.296 e. The fourth-order valence-electron chi connectivity index (χ4n) is 1.71. The van der Waals surface area contributed by atoms with Crippen molar-refractivity contribution in [1.82, 2.24) is 15.2 Å². The molecule has 0 bridgehead atoms. The lowest BCUT2D eigenvalue weighted by Crippen LogP contribution is -2.11. The van der Waals surface area contributed by atoms with Crippen LogP contribution in [0.4, 0.5) is 5.13 Å². The van der Waals surface area contributed by atoms with E-state index in [4.69, 9.17) is 0 Å². The first-order valence-electron chi connectivity index (χ1n) is 6.46. The quantitative estimate of drug-likeness (QED) is 0.534. The Morgan fingerprint density at radius 2 is 2.23 bits per heavy atom. The molecule has 114 valence electrons. The van der Waals surface area contributed by atoms with Crippen LogP contribution in [-0.4, -0.2) is 26.8 Å². The minimum absolute atomic E-state index is 0.179. The van der Waals surface area contributed by atoms with E-state index < -0.39 is 0 Å². The SMILES string of the molecule is CCSc1nnc(NC(=O)c2sc(-c3cccs3)nc2C)s1. The van der Waals surface area contributed by atoms with Gasteiger partial charge in [-0.2, -0.15) is 0 Å². The molecule has 5 nitrogen and oxygen atoms in total. The minimum atomic E-state index is -0.179. The number of thioether (sulfide) groups is 1. The van der Waals surface area contributed by atoms with Gasteiger partial charge in [-0.25, -0.2) is 4.98 Å². The maximum atomic E-state index is 12.4. The molecule has 1 amide bonds. The van der Waals surface area contributed by atoms with Crippen molar-refractivity contribution in [2.75, 3.05) is 11.1 Å². The Morgan fingerprint density at radius 1 is 1.36 bits per heavy atom. The molecule has 0 atom stereocenters. The molecule has 0 unspecified atom stereocenters. The van der Waals surface area contributed by atoms with Gasteiger partial charge in [0.05, 0.1) is 10.6 Å². The summed E-state index contributed by atoms with van der Waals surface area (Å²) in [5, 5.41) is 14.2. The molecule has 1 N–H and O–H groups in total. The molecule has 3 heterocycles. The van der Waals surface area contributed by atoms with E-state index in [1.54, 1.807) is 23.1 Å². The molecule has 22 heavy (non-hydrogen) atoms. The number of aromatic nitrogens is 3. The fraction of sp³-hybridized carbons (Fsp3) is 0.231. The third-order valence-electron chi connectivity index (χ3n) is 2.63. The molecular weight excluding hydrogens is 356 g/mol. The van der Waals surface area contributed by atoms with E-state index in [-0.39, 0.29) is 5.91 Å². The number of aryl methyl sites for hydroxylation is 1. The van der Waals surface area contributed by atoms with Gasteiger partial charge in [-0.1, -0.05) is 36.1 Å². The molecule has 9 heteroatoms. The molecular formula is C13H12N4OS4. The van der Waals surface area contributed by atoms with Crippen LogP contribution in [-0.2, 0) is 0 Å². The highest BCUT2D eigenvalue weighted by molar-refractivity contribution is 8.01. The molecule has 0 aliphatic carbocycles. The van der Waals surface area contributed by atoms with Crippen LogP contribution in [0.1, 0.15) is 22.3 Å². The normalized spacial score (nSPS) is 10.8. The van der Waals surface area contributed by atoms with Crippen LogP contribution < -0.4 is 5.32 Å². The molecule has 0 aromatic carbocycles. The standard InChI is InChI=1S/C13H12N4OS4/c1-3-19-13-17-16-12(22-13)15-10(18)9-7(2)14-11(21-9)8-5-4-6-20-8/h4-6H,3H2,1-2H3,(H,15,16,18). The topological polar surface area (TPSA) is 67.8 Å². The molecule has 3 aromatic heterocycles. The zero-order valence-electron chi connectivity index (χ0n) is 11.8. The second-order valence-electron chi connectivity index (χ2n) is 4.17. The van der Waals surface area contributed by atoms with Crippen molar-refractivity contribution < 1.29 is 4.79 Å². The second kappa shape index (κ2) is 6.86. The summed E-state index contributed by atoms with van der Waals surface area (Å²) in [6.45, 7) is 3.90. The predicted molar refractivity (Wildman–Crippen MR) is 94.4 cm³/mol. The van der Waals surface area contributed by atoms with Crippen LogP contribution >= 0.6 is 45.8 Å². The highest BCUT2D eigenvalue weighted by atomic mass is 32.2. The van der Waals surface area contributed by atoms with Crippen LogP contribution in [0.3, 0.4) is 0 Å². The third kappa shape index (κ3) is 3.37. The first-order chi connectivity index (χ1) is 10.7. The van der Waals surface area contributed by atoms with Gasteiger partial charge in [0.1, 0.15) is 9.88 Å². The molecule has 0 radical (unpaired) electrons. The summed E-state index contributed by atoms with van der Waals surface area (Å²) in [5.41, 5.74) is 0.735. The van der Waals surface area contributed by atoms with Gasteiger partial charge in [-0.15, -0.1) is 32.9 Å². The van der Waals surface area contributed by atoms with Crippen LogP contribution in [0.2, 0.25) is 0 Å². The third-order valence-corrected chi connectivity index (χ3v) is 6.68. The number of hydrogen-bond acceptors (Lipinski definition) is 8. The van der Waals surface area contributed by atoms with Gasteiger partial charge >= 0.3 is 0 Å². The summed E-state index contributed by atoms with van der Waals surface area (Å²) in [7, 11) is 0. The Kier molecular flexibility index (Phi) is 4.87. The minimum Gasteiger partial charge on any atom is -0.296 e. The lowest BCUT2D eigenvalue weighted by molar-refractivity contribution is 0.102. The Balaban J connectivity index is 1.77. The lowest BCUT2D eigenvalue weighted by atomic mass is 10.4. The number of hydrogen-bond donors (Lipinski definition) is 1. The van der Waals surface area contributed by atoms with Crippen molar-refractivity contribution in [3.63, 3.8) is 0 Å². The number of carbonyl (C=O) groups excluding carboxylic acids is 1.